The van der Waals surface area contributed by atoms with Crippen LogP contribution < -0.4 is 5.32 Å². The van der Waals surface area contributed by atoms with Crippen molar-refractivity contribution in [1.82, 2.24) is 15.5 Å². The summed E-state index contributed by atoms with van der Waals surface area (Å²) < 4.78 is 5.20. The molecule has 1 atom stereocenters. The molecule has 0 amide bonds. The van der Waals surface area contributed by atoms with Crippen LogP contribution in [0.4, 0.5) is 0 Å². The van der Waals surface area contributed by atoms with E-state index >= 15 is 0 Å². The van der Waals surface area contributed by atoms with Crippen LogP contribution in [0.2, 0.25) is 0 Å². The number of aromatic nitrogens is 2. The molecule has 0 spiro atoms. The van der Waals surface area contributed by atoms with Gasteiger partial charge in [0.2, 0.25) is 5.89 Å². The molecule has 4 nitrogen and oxygen atoms in total. The monoisotopic (exact) mass is 245 g/mol. The fourth-order valence-electron chi connectivity index (χ4n) is 1.91. The van der Waals surface area contributed by atoms with Gasteiger partial charge in [-0.25, -0.2) is 0 Å². The third kappa shape index (κ3) is 3.40. The first-order valence-corrected chi connectivity index (χ1v) is 6.37. The van der Waals surface area contributed by atoms with Crippen molar-refractivity contribution in [2.75, 3.05) is 6.54 Å². The van der Waals surface area contributed by atoms with E-state index in [1.54, 1.807) is 0 Å². The molecule has 96 valence electrons. The molecule has 2 rings (SSSR count). The van der Waals surface area contributed by atoms with Gasteiger partial charge in [-0.15, -0.1) is 0 Å². The van der Waals surface area contributed by atoms with Crippen molar-refractivity contribution < 1.29 is 4.52 Å². The van der Waals surface area contributed by atoms with Crippen molar-refractivity contribution in [3.63, 3.8) is 0 Å². The number of nitrogens with one attached hydrogen (secondary N) is 1. The van der Waals surface area contributed by atoms with Crippen LogP contribution in [0, 0.1) is 6.92 Å². The van der Waals surface area contributed by atoms with Crippen LogP contribution in [-0.2, 0) is 6.42 Å². The zero-order valence-corrected chi connectivity index (χ0v) is 10.9. The largest absolute Gasteiger partial charge is 0.339 e. The van der Waals surface area contributed by atoms with Crippen molar-refractivity contribution >= 4 is 0 Å². The summed E-state index contributed by atoms with van der Waals surface area (Å²) in [7, 11) is 0. The lowest BCUT2D eigenvalue weighted by Gasteiger charge is -2.17. The molecule has 2 aromatic rings. The van der Waals surface area contributed by atoms with Crippen molar-refractivity contribution in [2.45, 2.75) is 32.7 Å². The van der Waals surface area contributed by atoms with Crippen molar-refractivity contribution in [2.24, 2.45) is 0 Å². The van der Waals surface area contributed by atoms with E-state index in [0.29, 0.717) is 11.7 Å². The minimum atomic E-state index is 0.228. The Morgan fingerprint density at radius 1 is 1.28 bits per heavy atom. The van der Waals surface area contributed by atoms with Crippen LogP contribution in [0.3, 0.4) is 0 Å². The van der Waals surface area contributed by atoms with E-state index in [-0.39, 0.29) is 6.04 Å². The number of aryl methyl sites for hydroxylation is 1. The summed E-state index contributed by atoms with van der Waals surface area (Å²) in [6.07, 6.45) is 1.83. The molecule has 1 aromatic carbocycles. The fourth-order valence-corrected chi connectivity index (χ4v) is 1.91. The maximum absolute atomic E-state index is 5.20. The summed E-state index contributed by atoms with van der Waals surface area (Å²) >= 11 is 0. The van der Waals surface area contributed by atoms with Gasteiger partial charge in [0.1, 0.15) is 0 Å². The molecule has 1 N–H and O–H groups in total. The molecule has 0 aliphatic heterocycles. The molecule has 0 saturated heterocycles. The molecular weight excluding hydrogens is 226 g/mol. The first-order valence-electron chi connectivity index (χ1n) is 6.37. The lowest BCUT2D eigenvalue weighted by molar-refractivity contribution is 0.355. The smallest absolute Gasteiger partial charge is 0.228 e. The topological polar surface area (TPSA) is 51.0 Å². The molecule has 0 saturated carbocycles. The van der Waals surface area contributed by atoms with Crippen molar-refractivity contribution in [3.05, 3.63) is 47.6 Å². The summed E-state index contributed by atoms with van der Waals surface area (Å²) in [5.41, 5.74) is 1.25. The summed E-state index contributed by atoms with van der Waals surface area (Å²) in [4.78, 5) is 4.27. The highest BCUT2D eigenvalue weighted by Gasteiger charge is 2.14. The third-order valence-electron chi connectivity index (χ3n) is 2.79. The first-order chi connectivity index (χ1) is 8.79. The Kier molecular flexibility index (Phi) is 4.47. The molecule has 0 bridgehead atoms. The number of nitrogens with zero attached hydrogens (tertiary/aromatic N) is 2. The van der Waals surface area contributed by atoms with Gasteiger partial charge >= 0.3 is 0 Å². The Bertz CT molecular complexity index is 467. The average Bonchev–Trinajstić information content (AvgIpc) is 2.81. The van der Waals surface area contributed by atoms with E-state index in [4.69, 9.17) is 4.52 Å². The Hall–Kier alpha value is -1.68. The number of benzene rings is 1. The lowest BCUT2D eigenvalue weighted by atomic mass is 10.0. The Labute approximate surface area is 107 Å². The van der Waals surface area contributed by atoms with Gasteiger partial charge in [-0.2, -0.15) is 4.98 Å². The van der Waals surface area contributed by atoms with Crippen LogP contribution in [0.5, 0.6) is 0 Å². The fraction of sp³-hybridized carbons (Fsp3) is 0.429. The predicted octanol–water partition coefficient (Wildman–Crippen LogP) is 2.66. The molecule has 1 heterocycles. The highest BCUT2D eigenvalue weighted by molar-refractivity contribution is 5.19. The summed E-state index contributed by atoms with van der Waals surface area (Å²) in [5.74, 6) is 1.37. The summed E-state index contributed by atoms with van der Waals surface area (Å²) in [6, 6.07) is 10.6. The molecule has 1 unspecified atom stereocenters. The summed E-state index contributed by atoms with van der Waals surface area (Å²) in [6.45, 7) is 4.97. The Morgan fingerprint density at radius 2 is 2.06 bits per heavy atom. The van der Waals surface area contributed by atoms with Gasteiger partial charge in [-0.1, -0.05) is 42.4 Å². The zero-order chi connectivity index (χ0) is 12.8. The second kappa shape index (κ2) is 6.31. The molecule has 4 heteroatoms. The van der Waals surface area contributed by atoms with E-state index < -0.39 is 0 Å². The van der Waals surface area contributed by atoms with Crippen LogP contribution in [-0.4, -0.2) is 16.7 Å². The van der Waals surface area contributed by atoms with Gasteiger partial charge in [-0.05, 0) is 25.5 Å². The molecule has 1 aromatic heterocycles. The maximum atomic E-state index is 5.20. The van der Waals surface area contributed by atoms with E-state index in [2.05, 4.69) is 46.6 Å². The molecule has 0 radical (unpaired) electrons. The number of rotatable bonds is 6. The minimum absolute atomic E-state index is 0.228. The normalized spacial score (nSPS) is 12.6. The quantitative estimate of drug-likeness (QED) is 0.850. The van der Waals surface area contributed by atoms with Gasteiger partial charge in [0.15, 0.2) is 5.82 Å². The van der Waals surface area contributed by atoms with Crippen LogP contribution in [0.15, 0.2) is 34.9 Å². The van der Waals surface area contributed by atoms with E-state index in [1.807, 2.05) is 13.0 Å². The van der Waals surface area contributed by atoms with Gasteiger partial charge in [0, 0.05) is 12.5 Å². The Morgan fingerprint density at radius 3 is 2.67 bits per heavy atom. The Balaban J connectivity index is 2.10. The average molecular weight is 245 g/mol. The molecule has 0 aliphatic rings. The van der Waals surface area contributed by atoms with Crippen LogP contribution >= 0.6 is 0 Å². The second-order valence-electron chi connectivity index (χ2n) is 4.36. The number of hydrogen-bond acceptors (Lipinski definition) is 4. The third-order valence-corrected chi connectivity index (χ3v) is 2.79. The maximum Gasteiger partial charge on any atom is 0.228 e. The SMILES string of the molecule is CCCNC(Cc1nc(C)no1)c1ccccc1. The van der Waals surface area contributed by atoms with E-state index in [9.17, 15) is 0 Å². The predicted molar refractivity (Wildman–Crippen MR) is 70.2 cm³/mol. The minimum Gasteiger partial charge on any atom is -0.339 e. The highest BCUT2D eigenvalue weighted by Crippen LogP contribution is 2.17. The van der Waals surface area contributed by atoms with Gasteiger partial charge < -0.3 is 9.84 Å². The standard InChI is InChI=1S/C14H19N3O/c1-3-9-15-13(12-7-5-4-6-8-12)10-14-16-11(2)17-18-14/h4-8,13,15H,3,9-10H2,1-2H3. The molecule has 0 aliphatic carbocycles. The zero-order valence-electron chi connectivity index (χ0n) is 10.9. The van der Waals surface area contributed by atoms with Gasteiger partial charge in [0.25, 0.3) is 0 Å². The lowest BCUT2D eigenvalue weighted by Crippen LogP contribution is -2.24. The van der Waals surface area contributed by atoms with Crippen molar-refractivity contribution in [1.29, 1.82) is 0 Å². The van der Waals surface area contributed by atoms with E-state index in [0.717, 1.165) is 19.4 Å². The molecule has 0 fully saturated rings. The van der Waals surface area contributed by atoms with Crippen LogP contribution in [0.25, 0.3) is 0 Å². The van der Waals surface area contributed by atoms with Crippen molar-refractivity contribution in [3.8, 4) is 0 Å². The first kappa shape index (κ1) is 12.8. The number of hydrogen-bond donors (Lipinski definition) is 1. The highest BCUT2D eigenvalue weighted by atomic mass is 16.5. The molecular formula is C14H19N3O. The van der Waals surface area contributed by atoms with E-state index in [1.165, 1.54) is 5.56 Å². The summed E-state index contributed by atoms with van der Waals surface area (Å²) in [5, 5.41) is 7.35. The van der Waals surface area contributed by atoms with Crippen LogP contribution in [0.1, 0.15) is 36.7 Å². The second-order valence-corrected chi connectivity index (χ2v) is 4.36. The van der Waals surface area contributed by atoms with Gasteiger partial charge in [0.05, 0.1) is 0 Å². The van der Waals surface area contributed by atoms with Gasteiger partial charge in [-0.3, -0.25) is 0 Å². The molecule has 18 heavy (non-hydrogen) atoms.